The van der Waals surface area contributed by atoms with E-state index in [9.17, 15) is 14.4 Å². The van der Waals surface area contributed by atoms with Gasteiger partial charge in [-0.2, -0.15) is 5.10 Å². The van der Waals surface area contributed by atoms with E-state index in [0.717, 1.165) is 19.3 Å². The van der Waals surface area contributed by atoms with Crippen molar-refractivity contribution in [3.8, 4) is 0 Å². The van der Waals surface area contributed by atoms with Crippen molar-refractivity contribution in [2.75, 3.05) is 0 Å². The maximum Gasteiger partial charge on any atom is 0.290 e. The normalized spacial score (nSPS) is 16.4. The molecular formula is C19H22N4O3. The maximum atomic E-state index is 12.6. The predicted molar refractivity (Wildman–Crippen MR) is 98.4 cm³/mol. The minimum atomic E-state index is -0.536. The zero-order valence-corrected chi connectivity index (χ0v) is 14.7. The molecule has 1 atom stereocenters. The summed E-state index contributed by atoms with van der Waals surface area (Å²) in [4.78, 5) is 37.2. The van der Waals surface area contributed by atoms with Crippen molar-refractivity contribution >= 4 is 22.6 Å². The van der Waals surface area contributed by atoms with E-state index in [1.54, 1.807) is 24.3 Å². The van der Waals surface area contributed by atoms with Gasteiger partial charge in [0.15, 0.2) is 5.69 Å². The number of carbonyl (C=O) groups is 2. The number of nitrogens with one attached hydrogen (secondary N) is 2. The summed E-state index contributed by atoms with van der Waals surface area (Å²) < 4.78 is 1.30. The standard InChI is InChI=1S/C19H22N4O3/c1-2-12-23-19(26)15-11-7-6-10-14(15)16(22-23)18(25)21-20-17(24)13-8-4-3-5-9-13/h3-4,6-7,10-11,13H,2,5,8-9,12H2,1H3,(H,20,24)(H,21,25)/t13-/m1/s1. The molecule has 0 radical (unpaired) electrons. The zero-order chi connectivity index (χ0) is 18.5. The van der Waals surface area contributed by atoms with Crippen molar-refractivity contribution in [1.29, 1.82) is 0 Å². The third-order valence-corrected chi connectivity index (χ3v) is 4.46. The predicted octanol–water partition coefficient (Wildman–Crippen LogP) is 1.92. The molecule has 1 aromatic carbocycles. The first-order valence-corrected chi connectivity index (χ1v) is 8.87. The summed E-state index contributed by atoms with van der Waals surface area (Å²) in [6, 6.07) is 6.86. The van der Waals surface area contributed by atoms with Gasteiger partial charge in [0.2, 0.25) is 5.91 Å². The number of hydrazine groups is 1. The van der Waals surface area contributed by atoms with Crippen LogP contribution in [0.1, 0.15) is 43.1 Å². The first-order chi connectivity index (χ1) is 12.6. The molecule has 1 heterocycles. The number of aryl methyl sites for hydroxylation is 1. The molecule has 2 aromatic rings. The van der Waals surface area contributed by atoms with Gasteiger partial charge in [-0.15, -0.1) is 0 Å². The average molecular weight is 354 g/mol. The Morgan fingerprint density at radius 1 is 1.19 bits per heavy atom. The van der Waals surface area contributed by atoms with Crippen molar-refractivity contribution in [2.24, 2.45) is 5.92 Å². The Balaban J connectivity index is 1.83. The van der Waals surface area contributed by atoms with E-state index in [4.69, 9.17) is 0 Å². The first kappa shape index (κ1) is 17.8. The highest BCUT2D eigenvalue weighted by Gasteiger charge is 2.21. The van der Waals surface area contributed by atoms with Gasteiger partial charge < -0.3 is 0 Å². The van der Waals surface area contributed by atoms with Crippen LogP contribution in [-0.2, 0) is 11.3 Å². The lowest BCUT2D eigenvalue weighted by Gasteiger charge is -2.17. The van der Waals surface area contributed by atoms with E-state index < -0.39 is 5.91 Å². The molecule has 26 heavy (non-hydrogen) atoms. The fourth-order valence-corrected chi connectivity index (χ4v) is 3.08. The molecule has 0 saturated carbocycles. The van der Waals surface area contributed by atoms with E-state index in [2.05, 4.69) is 22.0 Å². The van der Waals surface area contributed by atoms with Gasteiger partial charge >= 0.3 is 0 Å². The molecule has 7 nitrogen and oxygen atoms in total. The highest BCUT2D eigenvalue weighted by molar-refractivity contribution is 6.05. The lowest BCUT2D eigenvalue weighted by molar-refractivity contribution is -0.126. The van der Waals surface area contributed by atoms with Crippen molar-refractivity contribution in [2.45, 2.75) is 39.2 Å². The van der Waals surface area contributed by atoms with Crippen LogP contribution in [0.15, 0.2) is 41.2 Å². The highest BCUT2D eigenvalue weighted by atomic mass is 16.2. The molecule has 0 bridgehead atoms. The van der Waals surface area contributed by atoms with Crippen molar-refractivity contribution < 1.29 is 9.59 Å². The molecule has 0 aliphatic heterocycles. The lowest BCUT2D eigenvalue weighted by Crippen LogP contribution is -2.45. The third kappa shape index (κ3) is 3.66. The fourth-order valence-electron chi connectivity index (χ4n) is 3.08. The van der Waals surface area contributed by atoms with E-state index in [-0.39, 0.29) is 23.1 Å². The molecule has 2 N–H and O–H groups in total. The minimum absolute atomic E-state index is 0.123. The highest BCUT2D eigenvalue weighted by Crippen LogP contribution is 2.18. The Bertz CT molecular complexity index is 917. The second-order valence-electron chi connectivity index (χ2n) is 6.35. The molecule has 0 fully saturated rings. The molecule has 136 valence electrons. The Morgan fingerprint density at radius 3 is 2.65 bits per heavy atom. The average Bonchev–Trinajstić information content (AvgIpc) is 2.69. The van der Waals surface area contributed by atoms with Crippen LogP contribution in [0.4, 0.5) is 0 Å². The summed E-state index contributed by atoms with van der Waals surface area (Å²) in [6.45, 7) is 2.35. The van der Waals surface area contributed by atoms with Crippen LogP contribution in [0.2, 0.25) is 0 Å². The number of amides is 2. The second-order valence-corrected chi connectivity index (χ2v) is 6.35. The van der Waals surface area contributed by atoms with Crippen LogP contribution < -0.4 is 16.4 Å². The number of rotatable bonds is 4. The van der Waals surface area contributed by atoms with E-state index in [0.29, 0.717) is 23.7 Å². The summed E-state index contributed by atoms with van der Waals surface area (Å²) in [5.41, 5.74) is 4.82. The Morgan fingerprint density at radius 2 is 1.96 bits per heavy atom. The smallest absolute Gasteiger partial charge is 0.273 e. The Kier molecular flexibility index (Phi) is 5.46. The quantitative estimate of drug-likeness (QED) is 0.648. The van der Waals surface area contributed by atoms with Gasteiger partial charge in [-0.25, -0.2) is 4.68 Å². The number of fused-ring (bicyclic) bond motifs is 1. The monoisotopic (exact) mass is 354 g/mol. The number of aromatic nitrogens is 2. The van der Waals surface area contributed by atoms with Gasteiger partial charge in [0, 0.05) is 17.8 Å². The van der Waals surface area contributed by atoms with E-state index in [1.807, 2.05) is 13.0 Å². The topological polar surface area (TPSA) is 93.1 Å². The summed E-state index contributed by atoms with van der Waals surface area (Å²) >= 11 is 0. The van der Waals surface area contributed by atoms with E-state index >= 15 is 0 Å². The van der Waals surface area contributed by atoms with Gasteiger partial charge in [-0.05, 0) is 31.7 Å². The molecule has 3 rings (SSSR count). The number of hydrogen-bond acceptors (Lipinski definition) is 4. The zero-order valence-electron chi connectivity index (χ0n) is 14.7. The number of carbonyl (C=O) groups excluding carboxylic acids is 2. The van der Waals surface area contributed by atoms with Gasteiger partial charge in [-0.1, -0.05) is 37.3 Å². The van der Waals surface area contributed by atoms with Gasteiger partial charge in [0.25, 0.3) is 11.5 Å². The lowest BCUT2D eigenvalue weighted by atomic mass is 9.94. The molecule has 2 amide bonds. The van der Waals surface area contributed by atoms with Crippen molar-refractivity contribution in [3.05, 3.63) is 52.5 Å². The summed E-state index contributed by atoms with van der Waals surface area (Å²) in [6.07, 6.45) is 7.05. The summed E-state index contributed by atoms with van der Waals surface area (Å²) in [5, 5.41) is 5.11. The van der Waals surface area contributed by atoms with Crippen molar-refractivity contribution in [1.82, 2.24) is 20.6 Å². The van der Waals surface area contributed by atoms with Crippen LogP contribution in [0.5, 0.6) is 0 Å². The fraction of sp³-hybridized carbons (Fsp3) is 0.368. The molecule has 0 unspecified atom stereocenters. The number of benzene rings is 1. The molecule has 1 aliphatic carbocycles. The van der Waals surface area contributed by atoms with Crippen LogP contribution >= 0.6 is 0 Å². The number of allylic oxidation sites excluding steroid dienone is 2. The van der Waals surface area contributed by atoms with Crippen LogP contribution in [-0.4, -0.2) is 21.6 Å². The largest absolute Gasteiger partial charge is 0.290 e. The maximum absolute atomic E-state index is 12.6. The van der Waals surface area contributed by atoms with Gasteiger partial charge in [-0.3, -0.25) is 25.2 Å². The molecule has 7 heteroatoms. The van der Waals surface area contributed by atoms with Crippen LogP contribution in [0.3, 0.4) is 0 Å². The number of hydrogen-bond donors (Lipinski definition) is 2. The molecule has 1 aromatic heterocycles. The first-order valence-electron chi connectivity index (χ1n) is 8.87. The molecule has 0 spiro atoms. The second kappa shape index (κ2) is 7.95. The van der Waals surface area contributed by atoms with Gasteiger partial charge in [0.1, 0.15) is 0 Å². The minimum Gasteiger partial charge on any atom is -0.273 e. The SMILES string of the molecule is CCCn1nc(C(=O)NNC(=O)[C@@H]2CC=CCC2)c2ccccc2c1=O. The van der Waals surface area contributed by atoms with E-state index in [1.165, 1.54) is 4.68 Å². The summed E-state index contributed by atoms with van der Waals surface area (Å²) in [7, 11) is 0. The summed E-state index contributed by atoms with van der Waals surface area (Å²) in [5.74, 6) is -0.890. The Labute approximate surface area is 151 Å². The van der Waals surface area contributed by atoms with Crippen molar-refractivity contribution in [3.63, 3.8) is 0 Å². The van der Waals surface area contributed by atoms with Gasteiger partial charge in [0.05, 0.1) is 5.39 Å². The Hall–Kier alpha value is -2.96. The molecular weight excluding hydrogens is 332 g/mol. The third-order valence-electron chi connectivity index (χ3n) is 4.46. The molecule has 0 saturated heterocycles. The number of nitrogens with zero attached hydrogens (tertiary/aromatic N) is 2. The van der Waals surface area contributed by atoms with Crippen LogP contribution in [0.25, 0.3) is 10.8 Å². The van der Waals surface area contributed by atoms with Crippen LogP contribution in [0, 0.1) is 5.92 Å². The molecule has 1 aliphatic rings.